The highest BCUT2D eigenvalue weighted by Crippen LogP contribution is 2.29. The van der Waals surface area contributed by atoms with E-state index in [4.69, 9.17) is 9.97 Å². The van der Waals surface area contributed by atoms with E-state index >= 15 is 0 Å². The summed E-state index contributed by atoms with van der Waals surface area (Å²) in [5.74, 6) is 1.57. The molecular formula is C17H22N4OS. The van der Waals surface area contributed by atoms with Crippen LogP contribution in [0.3, 0.4) is 0 Å². The minimum atomic E-state index is 0.131. The molecule has 2 N–H and O–H groups in total. The third-order valence-corrected chi connectivity index (χ3v) is 5.39. The molecule has 0 saturated heterocycles. The summed E-state index contributed by atoms with van der Waals surface area (Å²) in [6.45, 7) is 2.23. The summed E-state index contributed by atoms with van der Waals surface area (Å²) < 4.78 is 0. The molecule has 2 heterocycles. The van der Waals surface area contributed by atoms with Crippen molar-refractivity contribution in [2.24, 2.45) is 0 Å². The molecule has 2 atom stereocenters. The van der Waals surface area contributed by atoms with Crippen LogP contribution in [0.15, 0.2) is 24.4 Å². The number of thioether (sulfide) groups is 1. The molecule has 0 aromatic carbocycles. The smallest absolute Gasteiger partial charge is 0.180 e. The van der Waals surface area contributed by atoms with Crippen LogP contribution in [0.4, 0.5) is 5.82 Å². The summed E-state index contributed by atoms with van der Waals surface area (Å²) in [7, 11) is 0. The molecule has 2 aromatic rings. The Morgan fingerprint density at radius 3 is 2.87 bits per heavy atom. The quantitative estimate of drug-likeness (QED) is 0.848. The molecular weight excluding hydrogens is 308 g/mol. The van der Waals surface area contributed by atoms with Gasteiger partial charge in [0, 0.05) is 28.7 Å². The lowest BCUT2D eigenvalue weighted by Crippen LogP contribution is -2.31. The molecule has 122 valence electrons. The van der Waals surface area contributed by atoms with Gasteiger partial charge in [-0.3, -0.25) is 4.98 Å². The highest BCUT2D eigenvalue weighted by molar-refractivity contribution is 7.99. The van der Waals surface area contributed by atoms with Crippen LogP contribution in [0.25, 0.3) is 11.5 Å². The van der Waals surface area contributed by atoms with Crippen molar-refractivity contribution >= 4 is 17.6 Å². The zero-order valence-electron chi connectivity index (χ0n) is 13.5. The van der Waals surface area contributed by atoms with Gasteiger partial charge in [-0.25, -0.2) is 9.97 Å². The van der Waals surface area contributed by atoms with Gasteiger partial charge in [0.05, 0.1) is 6.61 Å². The number of aryl methyl sites for hydroxylation is 1. The first-order chi connectivity index (χ1) is 11.2. The van der Waals surface area contributed by atoms with Crippen molar-refractivity contribution in [1.82, 2.24) is 15.0 Å². The summed E-state index contributed by atoms with van der Waals surface area (Å²) in [5.41, 5.74) is 3.14. The molecule has 0 saturated carbocycles. The fourth-order valence-electron chi connectivity index (χ4n) is 2.91. The van der Waals surface area contributed by atoms with E-state index < -0.39 is 0 Å². The Morgan fingerprint density at radius 1 is 1.30 bits per heavy atom. The Bertz CT molecular complexity index is 661. The largest absolute Gasteiger partial charge is 0.395 e. The number of nitrogens with one attached hydrogen (secondary N) is 1. The van der Waals surface area contributed by atoms with Gasteiger partial charge in [-0.2, -0.15) is 11.8 Å². The number of anilines is 1. The molecule has 2 unspecified atom stereocenters. The highest BCUT2D eigenvalue weighted by atomic mass is 32.2. The predicted octanol–water partition coefficient (Wildman–Crippen LogP) is 2.55. The maximum Gasteiger partial charge on any atom is 0.180 e. The topological polar surface area (TPSA) is 70.9 Å². The van der Waals surface area contributed by atoms with Gasteiger partial charge < -0.3 is 10.4 Å². The average molecular weight is 330 g/mol. The zero-order valence-corrected chi connectivity index (χ0v) is 14.3. The third-order valence-electron chi connectivity index (χ3n) is 4.23. The van der Waals surface area contributed by atoms with Crippen molar-refractivity contribution in [3.05, 3.63) is 35.7 Å². The Kier molecular flexibility index (Phi) is 5.13. The molecule has 0 amide bonds. The minimum absolute atomic E-state index is 0.131. The van der Waals surface area contributed by atoms with Crippen molar-refractivity contribution in [1.29, 1.82) is 0 Å². The number of aromatic nitrogens is 3. The summed E-state index contributed by atoms with van der Waals surface area (Å²) in [6, 6.07) is 5.90. The number of rotatable bonds is 6. The Labute approximate surface area is 141 Å². The van der Waals surface area contributed by atoms with Crippen LogP contribution >= 0.6 is 11.8 Å². The van der Waals surface area contributed by atoms with Crippen molar-refractivity contribution in [3.8, 4) is 11.5 Å². The van der Waals surface area contributed by atoms with Crippen molar-refractivity contribution in [2.75, 3.05) is 18.2 Å². The second-order valence-corrected chi connectivity index (χ2v) is 6.86. The molecule has 23 heavy (non-hydrogen) atoms. The maximum atomic E-state index is 9.50. The number of pyridine rings is 1. The van der Waals surface area contributed by atoms with E-state index in [0.29, 0.717) is 5.82 Å². The first kappa shape index (κ1) is 16.2. The van der Waals surface area contributed by atoms with Gasteiger partial charge in [-0.15, -0.1) is 0 Å². The van der Waals surface area contributed by atoms with Crippen molar-refractivity contribution < 1.29 is 5.11 Å². The number of nitrogens with zero attached hydrogens (tertiary/aromatic N) is 3. The minimum Gasteiger partial charge on any atom is -0.395 e. The second kappa shape index (κ2) is 7.27. The monoisotopic (exact) mass is 330 g/mol. The van der Waals surface area contributed by atoms with E-state index in [1.807, 2.05) is 24.5 Å². The average Bonchev–Trinajstić information content (AvgIpc) is 3.05. The van der Waals surface area contributed by atoms with Crippen LogP contribution in [-0.4, -0.2) is 44.2 Å². The van der Waals surface area contributed by atoms with Gasteiger partial charge in [-0.05, 0) is 44.6 Å². The lowest BCUT2D eigenvalue weighted by molar-refractivity contribution is 0.288. The van der Waals surface area contributed by atoms with Crippen LogP contribution in [0.1, 0.15) is 24.6 Å². The van der Waals surface area contributed by atoms with Crippen molar-refractivity contribution in [3.63, 3.8) is 0 Å². The summed E-state index contributed by atoms with van der Waals surface area (Å²) in [5, 5.41) is 13.1. The molecule has 0 aliphatic heterocycles. The first-order valence-electron chi connectivity index (χ1n) is 7.94. The van der Waals surface area contributed by atoms with E-state index in [0.717, 1.165) is 36.5 Å². The lowest BCUT2D eigenvalue weighted by atomic mass is 10.2. The molecule has 0 radical (unpaired) electrons. The van der Waals surface area contributed by atoms with E-state index in [1.165, 1.54) is 5.56 Å². The van der Waals surface area contributed by atoms with Crippen LogP contribution in [-0.2, 0) is 12.8 Å². The maximum absolute atomic E-state index is 9.50. The molecule has 3 rings (SSSR count). The van der Waals surface area contributed by atoms with Gasteiger partial charge in [0.1, 0.15) is 11.5 Å². The normalized spacial score (nSPS) is 16.0. The second-order valence-electron chi connectivity index (χ2n) is 5.78. The molecule has 0 spiro atoms. The number of hydrogen-bond donors (Lipinski definition) is 2. The Hall–Kier alpha value is -1.66. The summed E-state index contributed by atoms with van der Waals surface area (Å²) in [4.78, 5) is 13.8. The molecule has 0 fully saturated rings. The number of fused-ring (bicyclic) bond motifs is 1. The molecule has 0 bridgehead atoms. The van der Waals surface area contributed by atoms with Crippen LogP contribution < -0.4 is 5.32 Å². The van der Waals surface area contributed by atoms with Crippen molar-refractivity contribution in [2.45, 2.75) is 37.5 Å². The Morgan fingerprint density at radius 2 is 2.17 bits per heavy atom. The zero-order chi connectivity index (χ0) is 16.2. The standard InChI is InChI=1S/C17H22N4OS/c1-11(15(10-22)23-2)19-16-12-6-5-8-13(12)20-17(21-16)14-7-3-4-9-18-14/h3-4,7,9,11,15,22H,5-6,8,10H2,1-2H3,(H,19,20,21). The van der Waals surface area contributed by atoms with E-state index in [-0.39, 0.29) is 17.9 Å². The number of aliphatic hydroxyl groups excluding tert-OH is 1. The SMILES string of the molecule is CSC(CO)C(C)Nc1nc(-c2ccccn2)nc2c1CCC2. The van der Waals surface area contributed by atoms with Gasteiger partial charge in [-0.1, -0.05) is 6.07 Å². The van der Waals surface area contributed by atoms with Crippen LogP contribution in [0.5, 0.6) is 0 Å². The first-order valence-corrected chi connectivity index (χ1v) is 9.23. The Balaban J connectivity index is 1.94. The summed E-state index contributed by atoms with van der Waals surface area (Å²) >= 11 is 1.66. The van der Waals surface area contributed by atoms with Gasteiger partial charge in [0.2, 0.25) is 0 Å². The lowest BCUT2D eigenvalue weighted by Gasteiger charge is -2.23. The molecule has 1 aliphatic carbocycles. The molecule has 5 nitrogen and oxygen atoms in total. The van der Waals surface area contributed by atoms with Gasteiger partial charge in [0.15, 0.2) is 5.82 Å². The molecule has 2 aromatic heterocycles. The van der Waals surface area contributed by atoms with E-state index in [1.54, 1.807) is 18.0 Å². The molecule has 6 heteroatoms. The van der Waals surface area contributed by atoms with Gasteiger partial charge in [0.25, 0.3) is 0 Å². The molecule has 1 aliphatic rings. The fourth-order valence-corrected chi connectivity index (χ4v) is 3.53. The van der Waals surface area contributed by atoms with Crippen LogP contribution in [0, 0.1) is 0 Å². The number of aliphatic hydroxyl groups is 1. The predicted molar refractivity (Wildman–Crippen MR) is 94.8 cm³/mol. The van der Waals surface area contributed by atoms with Crippen LogP contribution in [0.2, 0.25) is 0 Å². The summed E-state index contributed by atoms with van der Waals surface area (Å²) in [6.07, 6.45) is 6.90. The fraction of sp³-hybridized carbons (Fsp3) is 0.471. The van der Waals surface area contributed by atoms with E-state index in [9.17, 15) is 5.11 Å². The number of hydrogen-bond acceptors (Lipinski definition) is 6. The highest BCUT2D eigenvalue weighted by Gasteiger charge is 2.23. The van der Waals surface area contributed by atoms with E-state index in [2.05, 4.69) is 17.2 Å². The third kappa shape index (κ3) is 3.48. The van der Waals surface area contributed by atoms with Gasteiger partial charge >= 0.3 is 0 Å².